The third-order valence-corrected chi connectivity index (χ3v) is 12.6. The van der Waals surface area contributed by atoms with E-state index in [0.717, 1.165) is 93.7 Å². The molecule has 3 heterocycles. The Bertz CT molecular complexity index is 3890. The molecule has 0 aliphatic heterocycles. The van der Waals surface area contributed by atoms with E-state index in [9.17, 15) is 0 Å². The molecule has 13 rings (SSSR count). The predicted molar refractivity (Wildman–Crippen MR) is 263 cm³/mol. The summed E-state index contributed by atoms with van der Waals surface area (Å²) in [5.41, 5.74) is 10.4. The van der Waals surface area contributed by atoms with Crippen molar-refractivity contribution in [2.45, 2.75) is 0 Å². The van der Waals surface area contributed by atoms with E-state index >= 15 is 0 Å². The lowest BCUT2D eigenvalue weighted by molar-refractivity contribution is 0.955. The van der Waals surface area contributed by atoms with Crippen LogP contribution in [0.3, 0.4) is 0 Å². The average Bonchev–Trinajstić information content (AvgIpc) is 3.93. The highest BCUT2D eigenvalue weighted by Gasteiger charge is 2.24. The van der Waals surface area contributed by atoms with Crippen LogP contribution < -0.4 is 0 Å². The molecule has 0 atom stereocenters. The minimum atomic E-state index is 0.567. The van der Waals surface area contributed by atoms with Crippen LogP contribution in [0.4, 0.5) is 0 Å². The fraction of sp³-hybridized carbons (Fsp3) is 0. The molecule has 0 aliphatic rings. The minimum Gasteiger partial charge on any atom is -0.292 e. The summed E-state index contributed by atoms with van der Waals surface area (Å²) >= 11 is 0. The molecule has 3 aromatic heterocycles. The zero-order valence-corrected chi connectivity index (χ0v) is 34.5. The van der Waals surface area contributed by atoms with Gasteiger partial charge in [0.2, 0.25) is 5.95 Å². The summed E-state index contributed by atoms with van der Waals surface area (Å²) < 4.78 is 4.55. The summed E-state index contributed by atoms with van der Waals surface area (Å²) in [6.07, 6.45) is 0. The van der Waals surface area contributed by atoms with Crippen LogP contribution in [0.2, 0.25) is 0 Å². The lowest BCUT2D eigenvalue weighted by Crippen LogP contribution is -2.06. The van der Waals surface area contributed by atoms with Crippen LogP contribution in [0, 0.1) is 0 Å². The topological polar surface area (TPSA) is 61.4 Å². The lowest BCUT2D eigenvalue weighted by atomic mass is 9.90. The smallest absolute Gasteiger partial charge is 0.238 e. The Balaban J connectivity index is 1.12. The quantitative estimate of drug-likeness (QED) is 0.168. The third-order valence-electron chi connectivity index (χ3n) is 12.6. The van der Waals surface area contributed by atoms with Crippen LogP contribution in [0.5, 0.6) is 0 Å². The Morgan fingerprint density at radius 1 is 0.328 bits per heavy atom. The minimum absolute atomic E-state index is 0.567. The molecule has 0 spiro atoms. The molecule has 298 valence electrons. The second-order valence-electron chi connectivity index (χ2n) is 16.2. The summed E-state index contributed by atoms with van der Waals surface area (Å²) in [7, 11) is 0. The number of aromatic nitrogens is 6. The van der Waals surface area contributed by atoms with Crippen LogP contribution in [-0.2, 0) is 0 Å². The molecule has 0 amide bonds. The van der Waals surface area contributed by atoms with Gasteiger partial charge in [0, 0.05) is 38.5 Å². The molecule has 13 aromatic rings. The molecule has 0 fully saturated rings. The van der Waals surface area contributed by atoms with E-state index < -0.39 is 0 Å². The number of hydrogen-bond donors (Lipinski definition) is 0. The molecule has 0 aliphatic carbocycles. The van der Waals surface area contributed by atoms with E-state index in [4.69, 9.17) is 19.9 Å². The van der Waals surface area contributed by atoms with Gasteiger partial charge in [-0.25, -0.2) is 9.97 Å². The van der Waals surface area contributed by atoms with Gasteiger partial charge in [0.25, 0.3) is 0 Å². The summed E-state index contributed by atoms with van der Waals surface area (Å²) in [5, 5.41) is 9.16. The Morgan fingerprint density at radius 3 is 1.58 bits per heavy atom. The van der Waals surface area contributed by atoms with E-state index in [1.54, 1.807) is 0 Å². The van der Waals surface area contributed by atoms with Crippen molar-refractivity contribution in [3.8, 4) is 56.9 Å². The Labute approximate surface area is 368 Å². The van der Waals surface area contributed by atoms with Gasteiger partial charge in [-0.1, -0.05) is 176 Å². The van der Waals surface area contributed by atoms with Crippen molar-refractivity contribution in [3.63, 3.8) is 0 Å². The maximum Gasteiger partial charge on any atom is 0.238 e. The van der Waals surface area contributed by atoms with Gasteiger partial charge in [0.1, 0.15) is 5.82 Å². The van der Waals surface area contributed by atoms with Crippen LogP contribution in [0.1, 0.15) is 0 Å². The average molecular weight is 817 g/mol. The number of nitrogens with zero attached hydrogens (tertiary/aromatic N) is 6. The van der Waals surface area contributed by atoms with Gasteiger partial charge in [-0.2, -0.15) is 9.97 Å². The monoisotopic (exact) mass is 816 g/mol. The lowest BCUT2D eigenvalue weighted by Gasteiger charge is -2.16. The first-order valence-corrected chi connectivity index (χ1v) is 21.6. The molecule has 0 N–H and O–H groups in total. The molecule has 64 heavy (non-hydrogen) atoms. The predicted octanol–water partition coefficient (Wildman–Crippen LogP) is 14.4. The summed E-state index contributed by atoms with van der Waals surface area (Å²) in [6, 6.07) is 76.9. The highest BCUT2D eigenvalue weighted by Crippen LogP contribution is 2.46. The third kappa shape index (κ3) is 5.59. The standard InChI is InChI=1S/C58H36N6/c1-4-19-38(20-5-1)55-60-56(39-21-6-2-7-22-39)62-58(61-55)64-52-35-32-37-18-10-11-25-41(37)53(52)49-36-48(44-28-14-15-29-46(44)54(49)64)45-33-34-47(43-27-13-12-26-42(43)45)57-59-50-30-16-17-31-51(50)63(57)40-23-8-3-9-24-40/h1-36H. The number of para-hydroxylation sites is 3. The van der Waals surface area contributed by atoms with Gasteiger partial charge in [-0.05, 0) is 80.5 Å². The van der Waals surface area contributed by atoms with Crippen molar-refractivity contribution in [1.82, 2.24) is 29.1 Å². The summed E-state index contributed by atoms with van der Waals surface area (Å²) in [4.78, 5) is 20.9. The normalized spacial score (nSPS) is 11.8. The highest BCUT2D eigenvalue weighted by atomic mass is 15.2. The second kappa shape index (κ2) is 14.4. The van der Waals surface area contributed by atoms with Crippen molar-refractivity contribution in [2.24, 2.45) is 0 Å². The van der Waals surface area contributed by atoms with Gasteiger partial charge in [-0.15, -0.1) is 0 Å². The Kier molecular flexibility index (Phi) is 8.11. The molecular weight excluding hydrogens is 781 g/mol. The molecule has 10 aromatic carbocycles. The van der Waals surface area contributed by atoms with Crippen molar-refractivity contribution in [2.75, 3.05) is 0 Å². The number of hydrogen-bond acceptors (Lipinski definition) is 4. The van der Waals surface area contributed by atoms with Gasteiger partial charge in [-0.3, -0.25) is 9.13 Å². The zero-order chi connectivity index (χ0) is 42.1. The Morgan fingerprint density at radius 2 is 0.875 bits per heavy atom. The molecule has 0 unspecified atom stereocenters. The number of benzene rings is 10. The molecule has 0 saturated carbocycles. The summed E-state index contributed by atoms with van der Waals surface area (Å²) in [6.45, 7) is 0. The van der Waals surface area contributed by atoms with E-state index in [-0.39, 0.29) is 0 Å². The van der Waals surface area contributed by atoms with Crippen molar-refractivity contribution < 1.29 is 0 Å². The maximum absolute atomic E-state index is 5.30. The van der Waals surface area contributed by atoms with E-state index in [1.807, 2.05) is 36.4 Å². The van der Waals surface area contributed by atoms with Crippen molar-refractivity contribution in [1.29, 1.82) is 0 Å². The molecular formula is C58H36N6. The van der Waals surface area contributed by atoms with Crippen LogP contribution in [0.15, 0.2) is 218 Å². The van der Waals surface area contributed by atoms with Gasteiger partial charge >= 0.3 is 0 Å². The highest BCUT2D eigenvalue weighted by molar-refractivity contribution is 6.28. The van der Waals surface area contributed by atoms with Gasteiger partial charge in [0.15, 0.2) is 11.6 Å². The second-order valence-corrected chi connectivity index (χ2v) is 16.2. The van der Waals surface area contributed by atoms with Crippen LogP contribution >= 0.6 is 0 Å². The molecule has 0 bridgehead atoms. The van der Waals surface area contributed by atoms with E-state index in [1.165, 1.54) is 10.8 Å². The zero-order valence-electron chi connectivity index (χ0n) is 34.5. The number of rotatable bonds is 6. The molecule has 6 nitrogen and oxygen atoms in total. The maximum atomic E-state index is 5.30. The molecule has 0 radical (unpaired) electrons. The molecule has 6 heteroatoms. The fourth-order valence-electron chi connectivity index (χ4n) is 9.74. The fourth-order valence-corrected chi connectivity index (χ4v) is 9.74. The first kappa shape index (κ1) is 36.0. The number of fused-ring (bicyclic) bond motifs is 9. The number of imidazole rings is 1. The van der Waals surface area contributed by atoms with Crippen molar-refractivity contribution >= 4 is 65.2 Å². The van der Waals surface area contributed by atoms with Crippen LogP contribution in [0.25, 0.3) is 122 Å². The van der Waals surface area contributed by atoms with E-state index in [0.29, 0.717) is 17.6 Å². The Hall–Kier alpha value is -8.74. The van der Waals surface area contributed by atoms with Gasteiger partial charge < -0.3 is 0 Å². The summed E-state index contributed by atoms with van der Waals surface area (Å²) in [5.74, 6) is 2.71. The largest absolute Gasteiger partial charge is 0.292 e. The molecule has 0 saturated heterocycles. The van der Waals surface area contributed by atoms with Crippen molar-refractivity contribution in [3.05, 3.63) is 218 Å². The first-order valence-electron chi connectivity index (χ1n) is 21.6. The van der Waals surface area contributed by atoms with E-state index in [2.05, 4.69) is 191 Å². The SMILES string of the molecule is c1ccc(-c2nc(-c3ccccc3)nc(-n3c4ccc5ccccc5c4c4cc(-c5ccc(-c6nc7ccccc7n6-c6ccccc6)c6ccccc56)c5ccccc5c43)n2)cc1. The van der Waals surface area contributed by atoms with Crippen LogP contribution in [-0.4, -0.2) is 29.1 Å². The first-order chi connectivity index (χ1) is 31.8. The van der Waals surface area contributed by atoms with Gasteiger partial charge in [0.05, 0.1) is 22.1 Å².